The molecule has 1 aliphatic rings. The molecule has 0 aliphatic carbocycles. The molecule has 1 heterocycles. The number of ketones is 1. The van der Waals surface area contributed by atoms with Crippen LogP contribution < -0.4 is 5.32 Å². The second kappa shape index (κ2) is 10.0. The molecule has 1 saturated heterocycles. The van der Waals surface area contributed by atoms with Crippen molar-refractivity contribution in [3.8, 4) is 0 Å². The zero-order valence-electron chi connectivity index (χ0n) is 22.6. The number of rotatable bonds is 5. The largest absolute Gasteiger partial charge is 0.459 e. The summed E-state index contributed by atoms with van der Waals surface area (Å²) in [4.78, 5) is 53.8. The highest BCUT2D eigenvalue weighted by Gasteiger charge is 2.61. The molecule has 0 aromatic heterocycles. The fraction of sp³-hybridized carbons (Fsp3) is 0.800. The van der Waals surface area contributed by atoms with Gasteiger partial charge in [0.1, 0.15) is 28.4 Å². The number of nitrogens with zero attached hydrogens (tertiary/aromatic N) is 1. The Kier molecular flexibility index (Phi) is 8.73. The van der Waals surface area contributed by atoms with Crippen molar-refractivity contribution >= 4 is 29.8 Å². The minimum atomic E-state index is -0.981. The molecule has 1 N–H and O–H groups in total. The Labute approximate surface area is 203 Å². The number of hydrogen-bond acceptors (Lipinski definition) is 7. The smallest absolute Gasteiger partial charge is 0.435 e. The van der Waals surface area contributed by atoms with Gasteiger partial charge >= 0.3 is 18.2 Å². The van der Waals surface area contributed by atoms with E-state index in [2.05, 4.69) is 10.3 Å². The number of amidine groups is 1. The Hall–Kier alpha value is -2.45. The SMILES string of the molecule is CC(C)(C)OC(=O)N=C(CCCC(=O)C1(C)C(C)(C)CC(=O)OC1(C)C)NC(=O)OC(C)(C)C. The van der Waals surface area contributed by atoms with E-state index in [1.165, 1.54) is 0 Å². The van der Waals surface area contributed by atoms with Gasteiger partial charge in [0.2, 0.25) is 0 Å². The molecule has 0 radical (unpaired) electrons. The maximum Gasteiger partial charge on any atom is 0.435 e. The van der Waals surface area contributed by atoms with Crippen molar-refractivity contribution in [1.29, 1.82) is 0 Å². The third-order valence-electron chi connectivity index (χ3n) is 6.15. The Morgan fingerprint density at radius 3 is 1.94 bits per heavy atom. The molecule has 0 spiro atoms. The summed E-state index contributed by atoms with van der Waals surface area (Å²) in [6.07, 6.45) is -0.866. The lowest BCUT2D eigenvalue weighted by atomic mass is 9.53. The molecule has 9 nitrogen and oxygen atoms in total. The summed E-state index contributed by atoms with van der Waals surface area (Å²) in [5.41, 5.74) is -4.00. The number of cyclic esters (lactones) is 1. The molecule has 1 aliphatic heterocycles. The fourth-order valence-electron chi connectivity index (χ4n) is 4.12. The van der Waals surface area contributed by atoms with Crippen LogP contribution in [0.15, 0.2) is 4.99 Å². The summed E-state index contributed by atoms with van der Waals surface area (Å²) in [5, 5.41) is 2.50. The molecule has 194 valence electrons. The van der Waals surface area contributed by atoms with Crippen LogP contribution in [0.2, 0.25) is 0 Å². The standard InChI is InChI=1S/C25H42N2O7/c1-21(2,3)33-19(30)26-17(27-20(31)34-22(4,5)6)14-12-13-16(28)25(11)23(7,8)15-18(29)32-24(25,9)10/h12-15H2,1-11H3,(H,26,27,30,31). The average Bonchev–Trinajstić information content (AvgIpc) is 2.54. The second-order valence-corrected chi connectivity index (χ2v) is 12.1. The molecule has 0 bridgehead atoms. The lowest BCUT2D eigenvalue weighted by Crippen LogP contribution is -2.62. The van der Waals surface area contributed by atoms with Crippen LogP contribution in [-0.4, -0.2) is 46.6 Å². The van der Waals surface area contributed by atoms with Gasteiger partial charge in [-0.2, -0.15) is 4.99 Å². The van der Waals surface area contributed by atoms with Crippen LogP contribution in [-0.2, 0) is 23.8 Å². The summed E-state index contributed by atoms with van der Waals surface area (Å²) in [7, 11) is 0. The van der Waals surface area contributed by atoms with Gasteiger partial charge in [0.25, 0.3) is 0 Å². The number of carbonyl (C=O) groups excluding carboxylic acids is 4. The molecule has 1 fully saturated rings. The van der Waals surface area contributed by atoms with Gasteiger partial charge in [0.15, 0.2) is 0 Å². The van der Waals surface area contributed by atoms with E-state index in [4.69, 9.17) is 14.2 Å². The Balaban J connectivity index is 3.00. The lowest BCUT2D eigenvalue weighted by molar-refractivity contribution is -0.208. The van der Waals surface area contributed by atoms with E-state index in [9.17, 15) is 19.2 Å². The average molecular weight is 483 g/mol. The first-order chi connectivity index (χ1) is 15.1. The van der Waals surface area contributed by atoms with Gasteiger partial charge in [-0.05, 0) is 74.1 Å². The van der Waals surface area contributed by atoms with E-state index < -0.39 is 39.8 Å². The van der Waals surface area contributed by atoms with Crippen molar-refractivity contribution in [1.82, 2.24) is 5.32 Å². The van der Waals surface area contributed by atoms with Crippen LogP contribution in [0.5, 0.6) is 0 Å². The van der Waals surface area contributed by atoms with Gasteiger partial charge in [-0.15, -0.1) is 0 Å². The van der Waals surface area contributed by atoms with Gasteiger partial charge in [-0.1, -0.05) is 13.8 Å². The Bertz CT molecular complexity index is 822. The number of nitrogens with one attached hydrogen (secondary N) is 1. The van der Waals surface area contributed by atoms with Crippen molar-refractivity contribution < 1.29 is 33.4 Å². The number of Topliss-reactive ketones (excluding diaryl/α,β-unsaturated/α-hetero) is 1. The number of alkyl carbamates (subject to hydrolysis) is 1. The monoisotopic (exact) mass is 482 g/mol. The molecule has 1 rings (SSSR count). The van der Waals surface area contributed by atoms with E-state index in [1.54, 1.807) is 55.4 Å². The maximum absolute atomic E-state index is 13.4. The maximum atomic E-state index is 13.4. The molecule has 0 aromatic carbocycles. The molecule has 1 atom stereocenters. The van der Waals surface area contributed by atoms with Crippen molar-refractivity contribution in [2.75, 3.05) is 0 Å². The highest BCUT2D eigenvalue weighted by molar-refractivity contribution is 6.00. The van der Waals surface area contributed by atoms with E-state index >= 15 is 0 Å². The zero-order chi connectivity index (χ0) is 26.8. The van der Waals surface area contributed by atoms with E-state index in [0.29, 0.717) is 6.42 Å². The first-order valence-corrected chi connectivity index (χ1v) is 11.7. The van der Waals surface area contributed by atoms with Crippen molar-refractivity contribution in [2.24, 2.45) is 15.8 Å². The highest BCUT2D eigenvalue weighted by Crippen LogP contribution is 2.55. The van der Waals surface area contributed by atoms with Gasteiger partial charge in [0, 0.05) is 12.8 Å². The van der Waals surface area contributed by atoms with Crippen molar-refractivity contribution in [2.45, 2.75) is 119 Å². The predicted molar refractivity (Wildman–Crippen MR) is 129 cm³/mol. The number of ether oxygens (including phenoxy) is 3. The minimum absolute atomic E-state index is 0.0510. The number of hydrogen-bond donors (Lipinski definition) is 1. The van der Waals surface area contributed by atoms with E-state index in [1.807, 2.05) is 20.8 Å². The summed E-state index contributed by atoms with van der Waals surface area (Å²) in [5.74, 6) is -0.340. The van der Waals surface area contributed by atoms with Crippen molar-refractivity contribution in [3.63, 3.8) is 0 Å². The van der Waals surface area contributed by atoms with Crippen LogP contribution in [0, 0.1) is 10.8 Å². The Morgan fingerprint density at radius 1 is 0.941 bits per heavy atom. The summed E-state index contributed by atoms with van der Waals surface area (Å²) in [6, 6.07) is 0. The van der Waals surface area contributed by atoms with Gasteiger partial charge in [-0.25, -0.2) is 9.59 Å². The number of esters is 1. The van der Waals surface area contributed by atoms with Crippen LogP contribution >= 0.6 is 0 Å². The summed E-state index contributed by atoms with van der Waals surface area (Å²) >= 11 is 0. The van der Waals surface area contributed by atoms with Crippen LogP contribution in [0.3, 0.4) is 0 Å². The third kappa shape index (κ3) is 7.81. The van der Waals surface area contributed by atoms with Gasteiger partial charge in [-0.3, -0.25) is 14.9 Å². The molecule has 2 amide bonds. The molecule has 0 saturated carbocycles. The van der Waals surface area contributed by atoms with Crippen LogP contribution in [0.1, 0.15) is 102 Å². The number of aliphatic imine (C=N–C) groups is 1. The van der Waals surface area contributed by atoms with Gasteiger partial charge in [0.05, 0.1) is 11.8 Å². The first-order valence-electron chi connectivity index (χ1n) is 11.7. The van der Waals surface area contributed by atoms with Crippen molar-refractivity contribution in [3.05, 3.63) is 0 Å². The zero-order valence-corrected chi connectivity index (χ0v) is 22.6. The molecule has 1 unspecified atom stereocenters. The predicted octanol–water partition coefficient (Wildman–Crippen LogP) is 5.34. The Morgan fingerprint density at radius 2 is 1.47 bits per heavy atom. The second-order valence-electron chi connectivity index (χ2n) is 12.1. The summed E-state index contributed by atoms with van der Waals surface area (Å²) in [6.45, 7) is 19.4. The van der Waals surface area contributed by atoms with Gasteiger partial charge < -0.3 is 14.2 Å². The normalized spacial score (nSPS) is 22.4. The quantitative estimate of drug-likeness (QED) is 0.243. The lowest BCUT2D eigenvalue weighted by Gasteiger charge is -2.55. The first kappa shape index (κ1) is 29.6. The summed E-state index contributed by atoms with van der Waals surface area (Å²) < 4.78 is 16.0. The molecule has 9 heteroatoms. The minimum Gasteiger partial charge on any atom is -0.459 e. The molecular formula is C25H42N2O7. The van der Waals surface area contributed by atoms with Crippen LogP contribution in [0.25, 0.3) is 0 Å². The molecular weight excluding hydrogens is 440 g/mol. The number of carbonyl (C=O) groups is 4. The van der Waals surface area contributed by atoms with E-state index in [-0.39, 0.29) is 36.9 Å². The third-order valence-corrected chi connectivity index (χ3v) is 6.15. The molecule has 34 heavy (non-hydrogen) atoms. The van der Waals surface area contributed by atoms with Crippen LogP contribution in [0.4, 0.5) is 9.59 Å². The number of amides is 2. The topological polar surface area (TPSA) is 120 Å². The fourth-order valence-corrected chi connectivity index (χ4v) is 4.12. The highest BCUT2D eigenvalue weighted by atomic mass is 16.6. The molecule has 0 aromatic rings. The van der Waals surface area contributed by atoms with E-state index in [0.717, 1.165) is 0 Å².